The van der Waals surface area contributed by atoms with Crippen molar-refractivity contribution in [3.05, 3.63) is 0 Å². The standard InChI is InChI=1S/C10H18FNO2/c1-10(2,3)9(13)14-8-7(6-11)4-5-12-8/h7-8,12H,4-6H2,1-3H3. The smallest absolute Gasteiger partial charge is 0.312 e. The van der Waals surface area contributed by atoms with Gasteiger partial charge in [-0.3, -0.25) is 14.5 Å². The molecule has 0 amide bonds. The van der Waals surface area contributed by atoms with Gasteiger partial charge in [-0.25, -0.2) is 0 Å². The van der Waals surface area contributed by atoms with Crippen LogP contribution in [0.2, 0.25) is 0 Å². The Morgan fingerprint density at radius 2 is 2.21 bits per heavy atom. The van der Waals surface area contributed by atoms with Gasteiger partial charge in [0.2, 0.25) is 0 Å². The highest BCUT2D eigenvalue weighted by molar-refractivity contribution is 5.75. The Morgan fingerprint density at radius 1 is 1.57 bits per heavy atom. The zero-order valence-corrected chi connectivity index (χ0v) is 8.97. The van der Waals surface area contributed by atoms with E-state index >= 15 is 0 Å². The summed E-state index contributed by atoms with van der Waals surface area (Å²) in [4.78, 5) is 11.5. The minimum absolute atomic E-state index is 0.179. The van der Waals surface area contributed by atoms with Crippen molar-refractivity contribution >= 4 is 5.97 Å². The summed E-state index contributed by atoms with van der Waals surface area (Å²) in [6.45, 7) is 5.64. The van der Waals surface area contributed by atoms with Gasteiger partial charge in [0.1, 0.15) is 0 Å². The average molecular weight is 203 g/mol. The van der Waals surface area contributed by atoms with Crippen molar-refractivity contribution < 1.29 is 13.9 Å². The van der Waals surface area contributed by atoms with Gasteiger partial charge >= 0.3 is 5.97 Å². The van der Waals surface area contributed by atoms with Crippen LogP contribution < -0.4 is 5.32 Å². The maximum absolute atomic E-state index is 12.5. The molecule has 1 rings (SSSR count). The van der Waals surface area contributed by atoms with Gasteiger partial charge in [-0.05, 0) is 33.7 Å². The number of esters is 1. The van der Waals surface area contributed by atoms with Gasteiger partial charge in [0, 0.05) is 5.92 Å². The topological polar surface area (TPSA) is 38.3 Å². The Morgan fingerprint density at radius 3 is 2.71 bits per heavy atom. The molecule has 0 aromatic carbocycles. The second kappa shape index (κ2) is 4.26. The molecule has 1 N–H and O–H groups in total. The van der Waals surface area contributed by atoms with Crippen molar-refractivity contribution in [3.8, 4) is 0 Å². The van der Waals surface area contributed by atoms with Crippen molar-refractivity contribution in [2.75, 3.05) is 13.2 Å². The minimum Gasteiger partial charge on any atom is -0.446 e. The number of alkyl halides is 1. The summed E-state index contributed by atoms with van der Waals surface area (Å²) < 4.78 is 17.7. The molecule has 82 valence electrons. The van der Waals surface area contributed by atoms with Crippen molar-refractivity contribution in [2.45, 2.75) is 33.4 Å². The van der Waals surface area contributed by atoms with E-state index in [-0.39, 0.29) is 11.9 Å². The molecule has 1 aliphatic heterocycles. The molecule has 0 aromatic heterocycles. The van der Waals surface area contributed by atoms with E-state index in [2.05, 4.69) is 5.32 Å². The molecule has 0 aliphatic carbocycles. The normalized spacial score (nSPS) is 27.7. The lowest BCUT2D eigenvalue weighted by Crippen LogP contribution is -2.37. The van der Waals surface area contributed by atoms with Gasteiger partial charge in [0.05, 0.1) is 12.1 Å². The zero-order chi connectivity index (χ0) is 10.8. The quantitative estimate of drug-likeness (QED) is 0.691. The van der Waals surface area contributed by atoms with E-state index in [0.29, 0.717) is 0 Å². The highest BCUT2D eigenvalue weighted by Gasteiger charge is 2.33. The second-order valence-corrected chi connectivity index (χ2v) is 4.73. The summed E-state index contributed by atoms with van der Waals surface area (Å²) in [6, 6.07) is 0. The Kier molecular flexibility index (Phi) is 3.48. The third-order valence-corrected chi connectivity index (χ3v) is 2.33. The monoisotopic (exact) mass is 203 g/mol. The number of ether oxygens (including phenoxy) is 1. The van der Waals surface area contributed by atoms with E-state index in [1.807, 2.05) is 0 Å². The van der Waals surface area contributed by atoms with Crippen molar-refractivity contribution in [2.24, 2.45) is 11.3 Å². The summed E-state index contributed by atoms with van der Waals surface area (Å²) in [5.41, 5.74) is -0.523. The fraction of sp³-hybridized carbons (Fsp3) is 0.900. The Hall–Kier alpha value is -0.640. The summed E-state index contributed by atoms with van der Waals surface area (Å²) in [7, 11) is 0. The first-order valence-corrected chi connectivity index (χ1v) is 4.95. The Labute approximate surface area is 84.0 Å². The third kappa shape index (κ3) is 2.67. The Balaban J connectivity index is 2.48. The fourth-order valence-electron chi connectivity index (χ4n) is 1.32. The van der Waals surface area contributed by atoms with E-state index < -0.39 is 18.3 Å². The molecule has 0 bridgehead atoms. The average Bonchev–Trinajstić information content (AvgIpc) is 2.50. The molecule has 0 saturated carbocycles. The fourth-order valence-corrected chi connectivity index (χ4v) is 1.32. The van der Waals surface area contributed by atoms with E-state index in [0.717, 1.165) is 13.0 Å². The summed E-state index contributed by atoms with van der Waals surface area (Å²) in [6.07, 6.45) is 0.296. The van der Waals surface area contributed by atoms with Gasteiger partial charge in [-0.15, -0.1) is 0 Å². The highest BCUT2D eigenvalue weighted by Crippen LogP contribution is 2.22. The molecule has 2 atom stereocenters. The molecule has 1 fully saturated rings. The Bertz CT molecular complexity index is 213. The van der Waals surface area contributed by atoms with Crippen molar-refractivity contribution in [3.63, 3.8) is 0 Å². The first-order valence-electron chi connectivity index (χ1n) is 4.95. The van der Waals surface area contributed by atoms with Gasteiger partial charge in [0.15, 0.2) is 6.23 Å². The maximum atomic E-state index is 12.5. The molecular weight excluding hydrogens is 185 g/mol. The summed E-state index contributed by atoms with van der Waals surface area (Å²) in [5, 5.41) is 2.98. The van der Waals surface area contributed by atoms with Crippen LogP contribution in [-0.4, -0.2) is 25.4 Å². The predicted octanol–water partition coefficient (Wildman–Crippen LogP) is 1.48. The van der Waals surface area contributed by atoms with Gasteiger partial charge in [0.25, 0.3) is 0 Å². The van der Waals surface area contributed by atoms with E-state index in [1.54, 1.807) is 20.8 Å². The van der Waals surface area contributed by atoms with Crippen LogP contribution in [0.25, 0.3) is 0 Å². The molecule has 0 aromatic rings. The van der Waals surface area contributed by atoms with Crippen molar-refractivity contribution in [1.82, 2.24) is 5.32 Å². The van der Waals surface area contributed by atoms with Gasteiger partial charge < -0.3 is 4.74 Å². The third-order valence-electron chi connectivity index (χ3n) is 2.33. The number of rotatable bonds is 2. The molecule has 1 saturated heterocycles. The molecular formula is C10H18FNO2. The van der Waals surface area contributed by atoms with Crippen LogP contribution in [0.3, 0.4) is 0 Å². The molecule has 1 aliphatic rings. The number of hydrogen-bond donors (Lipinski definition) is 1. The van der Waals surface area contributed by atoms with Crippen LogP contribution in [0, 0.1) is 11.3 Å². The van der Waals surface area contributed by atoms with E-state index in [4.69, 9.17) is 4.74 Å². The SMILES string of the molecule is CC(C)(C)C(=O)OC1NCCC1CF. The molecule has 3 nitrogen and oxygen atoms in total. The first-order chi connectivity index (χ1) is 6.45. The number of halogens is 1. The summed E-state index contributed by atoms with van der Waals surface area (Å²) >= 11 is 0. The van der Waals surface area contributed by atoms with Crippen LogP contribution in [-0.2, 0) is 9.53 Å². The predicted molar refractivity (Wildman–Crippen MR) is 51.4 cm³/mol. The number of carbonyl (C=O) groups excluding carboxylic acids is 1. The lowest BCUT2D eigenvalue weighted by Gasteiger charge is -2.23. The lowest BCUT2D eigenvalue weighted by atomic mass is 9.97. The lowest BCUT2D eigenvalue weighted by molar-refractivity contribution is -0.161. The summed E-state index contributed by atoms with van der Waals surface area (Å²) in [5.74, 6) is -0.461. The maximum Gasteiger partial charge on any atom is 0.312 e. The zero-order valence-electron chi connectivity index (χ0n) is 8.97. The molecule has 1 heterocycles. The number of nitrogens with one attached hydrogen (secondary N) is 1. The second-order valence-electron chi connectivity index (χ2n) is 4.73. The van der Waals surface area contributed by atoms with Crippen LogP contribution >= 0.6 is 0 Å². The number of hydrogen-bond acceptors (Lipinski definition) is 3. The molecule has 4 heteroatoms. The van der Waals surface area contributed by atoms with E-state index in [1.165, 1.54) is 0 Å². The largest absolute Gasteiger partial charge is 0.446 e. The van der Waals surface area contributed by atoms with E-state index in [9.17, 15) is 9.18 Å². The van der Waals surface area contributed by atoms with Gasteiger partial charge in [-0.1, -0.05) is 0 Å². The highest BCUT2D eigenvalue weighted by atomic mass is 19.1. The van der Waals surface area contributed by atoms with Crippen LogP contribution in [0.5, 0.6) is 0 Å². The molecule has 2 unspecified atom stereocenters. The first kappa shape index (κ1) is 11.4. The van der Waals surface area contributed by atoms with Crippen LogP contribution in [0.15, 0.2) is 0 Å². The van der Waals surface area contributed by atoms with Gasteiger partial charge in [-0.2, -0.15) is 0 Å². The van der Waals surface area contributed by atoms with Crippen LogP contribution in [0.1, 0.15) is 27.2 Å². The molecule has 14 heavy (non-hydrogen) atoms. The number of carbonyl (C=O) groups is 1. The molecule has 0 spiro atoms. The van der Waals surface area contributed by atoms with Crippen molar-refractivity contribution in [1.29, 1.82) is 0 Å². The van der Waals surface area contributed by atoms with Crippen LogP contribution in [0.4, 0.5) is 4.39 Å². The molecule has 0 radical (unpaired) electrons. The minimum atomic E-state index is -0.523.